The molecule has 3 aromatic carbocycles. The lowest BCUT2D eigenvalue weighted by Crippen LogP contribution is -2.34. The number of halogens is 10. The van der Waals surface area contributed by atoms with E-state index < -0.39 is 59.0 Å². The topological polar surface area (TPSA) is 9.23 Å². The van der Waals surface area contributed by atoms with Gasteiger partial charge in [0, 0.05) is 17.2 Å². The minimum absolute atomic E-state index is 0.0132. The standard InChI is InChI=1S/C33H24F10O/c1-2-3-4-5-19-6-9-21(26(34)14-19)10-7-20-8-12-24(27(35)15-20)22-11-13-25(28(36)16-22)33(42,43)44-23-17-29(37)31(30(38)18-23)32(39,40)41/h6,8-9,11-18,29,31H,2-5H2,1H3. The highest BCUT2D eigenvalue weighted by Gasteiger charge is 2.50. The number of hydrogen-bond acceptors (Lipinski definition) is 1. The summed E-state index contributed by atoms with van der Waals surface area (Å²) >= 11 is 0. The van der Waals surface area contributed by atoms with Crippen LogP contribution in [-0.4, -0.2) is 12.3 Å². The van der Waals surface area contributed by atoms with Crippen LogP contribution in [0.15, 0.2) is 78.3 Å². The summed E-state index contributed by atoms with van der Waals surface area (Å²) in [6.07, 6.45) is -9.23. The maximum absolute atomic E-state index is 14.9. The van der Waals surface area contributed by atoms with Crippen LogP contribution in [-0.2, 0) is 17.3 Å². The number of allylic oxidation sites excluding steroid dienone is 3. The van der Waals surface area contributed by atoms with Gasteiger partial charge in [0.2, 0.25) is 0 Å². The van der Waals surface area contributed by atoms with Crippen LogP contribution in [0.25, 0.3) is 11.1 Å². The zero-order valence-corrected chi connectivity index (χ0v) is 23.0. The van der Waals surface area contributed by atoms with Crippen molar-refractivity contribution in [1.82, 2.24) is 0 Å². The van der Waals surface area contributed by atoms with Gasteiger partial charge in [-0.25, -0.2) is 22.0 Å². The number of alkyl halides is 6. The number of ether oxygens (including phenoxy) is 1. The molecule has 2 unspecified atom stereocenters. The predicted molar refractivity (Wildman–Crippen MR) is 144 cm³/mol. The predicted octanol–water partition coefficient (Wildman–Crippen LogP) is 10.2. The Morgan fingerprint density at radius 1 is 0.795 bits per heavy atom. The summed E-state index contributed by atoms with van der Waals surface area (Å²) in [5.41, 5.74) is -0.655. The molecule has 44 heavy (non-hydrogen) atoms. The quantitative estimate of drug-likeness (QED) is 0.137. The monoisotopic (exact) mass is 626 g/mol. The second kappa shape index (κ2) is 13.2. The molecule has 0 aliphatic heterocycles. The van der Waals surface area contributed by atoms with Crippen molar-refractivity contribution in [2.24, 2.45) is 5.92 Å². The lowest BCUT2D eigenvalue weighted by molar-refractivity contribution is -0.224. The van der Waals surface area contributed by atoms with E-state index in [1.807, 2.05) is 0 Å². The summed E-state index contributed by atoms with van der Waals surface area (Å²) in [6, 6.07) is 10.3. The van der Waals surface area contributed by atoms with Gasteiger partial charge >= 0.3 is 12.3 Å². The van der Waals surface area contributed by atoms with Gasteiger partial charge in [-0.2, -0.15) is 22.0 Å². The van der Waals surface area contributed by atoms with E-state index in [1.165, 1.54) is 24.3 Å². The van der Waals surface area contributed by atoms with Gasteiger partial charge in [-0.1, -0.05) is 49.8 Å². The zero-order valence-electron chi connectivity index (χ0n) is 23.0. The van der Waals surface area contributed by atoms with E-state index in [0.29, 0.717) is 12.1 Å². The molecule has 0 heterocycles. The Bertz CT molecular complexity index is 1640. The van der Waals surface area contributed by atoms with Gasteiger partial charge in [0.15, 0.2) is 0 Å². The van der Waals surface area contributed by atoms with Gasteiger partial charge in [0.1, 0.15) is 41.1 Å². The fourth-order valence-electron chi connectivity index (χ4n) is 4.56. The Kier molecular flexibility index (Phi) is 9.81. The molecule has 0 N–H and O–H groups in total. The highest BCUT2D eigenvalue weighted by Crippen LogP contribution is 2.43. The lowest BCUT2D eigenvalue weighted by Gasteiger charge is -2.26. The van der Waals surface area contributed by atoms with Gasteiger partial charge in [-0.3, -0.25) is 0 Å². The van der Waals surface area contributed by atoms with Crippen LogP contribution in [0.5, 0.6) is 0 Å². The summed E-state index contributed by atoms with van der Waals surface area (Å²) in [5, 5.41) is 0. The molecule has 0 amide bonds. The average molecular weight is 627 g/mol. The maximum atomic E-state index is 14.9. The molecule has 0 radical (unpaired) electrons. The highest BCUT2D eigenvalue weighted by molar-refractivity contribution is 5.66. The van der Waals surface area contributed by atoms with Crippen molar-refractivity contribution in [3.8, 4) is 23.0 Å². The van der Waals surface area contributed by atoms with Crippen LogP contribution < -0.4 is 0 Å². The van der Waals surface area contributed by atoms with Crippen LogP contribution in [0.4, 0.5) is 43.9 Å². The molecular weight excluding hydrogens is 602 g/mol. The van der Waals surface area contributed by atoms with Crippen molar-refractivity contribution in [3.05, 3.63) is 118 Å². The molecule has 0 saturated carbocycles. The van der Waals surface area contributed by atoms with E-state index in [9.17, 15) is 43.9 Å². The molecule has 0 bridgehead atoms. The summed E-state index contributed by atoms with van der Waals surface area (Å²) in [5.74, 6) is -4.25. The number of benzene rings is 3. The Hall–Kier alpha value is -4.20. The smallest absolute Gasteiger partial charge is 0.429 e. The second-order valence-corrected chi connectivity index (χ2v) is 10.1. The molecule has 2 atom stereocenters. The number of hydrogen-bond donors (Lipinski definition) is 0. The summed E-state index contributed by atoms with van der Waals surface area (Å²) < 4.78 is 144. The Balaban J connectivity index is 1.50. The summed E-state index contributed by atoms with van der Waals surface area (Å²) in [4.78, 5) is 0. The molecule has 0 fully saturated rings. The van der Waals surface area contributed by atoms with E-state index in [1.54, 1.807) is 6.07 Å². The van der Waals surface area contributed by atoms with E-state index in [-0.39, 0.29) is 34.4 Å². The summed E-state index contributed by atoms with van der Waals surface area (Å²) in [7, 11) is 0. The van der Waals surface area contributed by atoms with Crippen LogP contribution in [0.3, 0.4) is 0 Å². The van der Waals surface area contributed by atoms with Crippen molar-refractivity contribution in [1.29, 1.82) is 0 Å². The first-order valence-electron chi connectivity index (χ1n) is 13.5. The Labute approximate surface area is 246 Å². The fraction of sp³-hybridized carbons (Fsp3) is 0.273. The van der Waals surface area contributed by atoms with Crippen molar-refractivity contribution in [2.75, 3.05) is 0 Å². The van der Waals surface area contributed by atoms with Gasteiger partial charge in [0.25, 0.3) is 0 Å². The number of rotatable bonds is 8. The first-order chi connectivity index (χ1) is 20.7. The third-order valence-electron chi connectivity index (χ3n) is 6.82. The van der Waals surface area contributed by atoms with E-state index >= 15 is 0 Å². The van der Waals surface area contributed by atoms with Crippen molar-refractivity contribution < 1.29 is 48.6 Å². The number of unbranched alkanes of at least 4 members (excludes halogenated alkanes) is 2. The van der Waals surface area contributed by atoms with Gasteiger partial charge in [-0.05, 0) is 66.4 Å². The lowest BCUT2D eigenvalue weighted by atomic mass is 9.96. The van der Waals surface area contributed by atoms with Crippen LogP contribution in [0.2, 0.25) is 0 Å². The van der Waals surface area contributed by atoms with Gasteiger partial charge in [0.05, 0.1) is 11.1 Å². The third kappa shape index (κ3) is 7.65. The summed E-state index contributed by atoms with van der Waals surface area (Å²) in [6.45, 7) is 2.06. The SMILES string of the molecule is CCCCCc1ccc(C#Cc2ccc(-c3ccc(C(F)(F)OC4=CC(F)C(C(F)(F)F)C(F)=C4)c(F)c3)c(F)c2)c(F)c1. The van der Waals surface area contributed by atoms with Crippen LogP contribution in [0, 0.1) is 35.2 Å². The van der Waals surface area contributed by atoms with Gasteiger partial charge < -0.3 is 4.74 Å². The molecule has 0 saturated heterocycles. The molecule has 0 spiro atoms. The first-order valence-corrected chi connectivity index (χ1v) is 13.5. The largest absolute Gasteiger partial charge is 0.429 e. The Morgan fingerprint density at radius 2 is 1.55 bits per heavy atom. The first kappa shape index (κ1) is 32.7. The van der Waals surface area contributed by atoms with E-state index in [4.69, 9.17) is 0 Å². The Morgan fingerprint density at radius 3 is 2.16 bits per heavy atom. The fourth-order valence-corrected chi connectivity index (χ4v) is 4.56. The van der Waals surface area contributed by atoms with E-state index in [0.717, 1.165) is 43.4 Å². The molecule has 1 nitrogen and oxygen atoms in total. The molecule has 232 valence electrons. The normalized spacial score (nSPS) is 17.0. The number of aryl methyl sites for hydroxylation is 1. The van der Waals surface area contributed by atoms with Crippen molar-refractivity contribution >= 4 is 0 Å². The molecule has 1 aliphatic rings. The van der Waals surface area contributed by atoms with Crippen LogP contribution in [0.1, 0.15) is 48.4 Å². The highest BCUT2D eigenvalue weighted by atomic mass is 19.4. The second-order valence-electron chi connectivity index (χ2n) is 10.1. The minimum atomic E-state index is -5.32. The van der Waals surface area contributed by atoms with E-state index in [2.05, 4.69) is 23.5 Å². The molecule has 4 rings (SSSR count). The molecule has 11 heteroatoms. The van der Waals surface area contributed by atoms with Crippen LogP contribution >= 0.6 is 0 Å². The van der Waals surface area contributed by atoms with Gasteiger partial charge in [-0.15, -0.1) is 0 Å². The van der Waals surface area contributed by atoms with Crippen molar-refractivity contribution in [2.45, 2.75) is 51.1 Å². The zero-order chi connectivity index (χ0) is 32.2. The third-order valence-corrected chi connectivity index (χ3v) is 6.82. The van der Waals surface area contributed by atoms with Crippen molar-refractivity contribution in [3.63, 3.8) is 0 Å². The molecule has 0 aromatic heterocycles. The minimum Gasteiger partial charge on any atom is -0.429 e. The molecule has 3 aromatic rings. The molecule has 1 aliphatic carbocycles. The maximum Gasteiger partial charge on any atom is 0.429 e. The molecular formula is C33H24F10O. The average Bonchev–Trinajstić information content (AvgIpc) is 2.91.